The van der Waals surface area contributed by atoms with E-state index in [1.807, 2.05) is 85.1 Å². The maximum atomic E-state index is 13.8. The molecule has 6 heteroatoms. The van der Waals surface area contributed by atoms with Gasteiger partial charge in [-0.3, -0.25) is 4.79 Å². The number of carbonyl (C=O) groups is 1. The van der Waals surface area contributed by atoms with E-state index in [9.17, 15) is 9.18 Å². The van der Waals surface area contributed by atoms with Gasteiger partial charge in [0.15, 0.2) is 18.1 Å². The fraction of sp³-hybridized carbons (Fsp3) is 0.235. The third-order valence-electron chi connectivity index (χ3n) is 7.36. The molecule has 0 saturated heterocycles. The second kappa shape index (κ2) is 13.1. The number of benzene rings is 4. The van der Waals surface area contributed by atoms with Crippen LogP contribution in [0.1, 0.15) is 42.4 Å². The highest BCUT2D eigenvalue weighted by Gasteiger charge is 2.45. The Morgan fingerprint density at radius 2 is 1.25 bits per heavy atom. The van der Waals surface area contributed by atoms with Gasteiger partial charge in [-0.1, -0.05) is 91.0 Å². The van der Waals surface area contributed by atoms with E-state index in [-0.39, 0.29) is 17.7 Å². The average molecular weight is 539 g/mol. The molecule has 4 aromatic rings. The summed E-state index contributed by atoms with van der Waals surface area (Å²) in [6.45, 7) is 0.726. The second-order valence-corrected chi connectivity index (χ2v) is 10.1. The Kier molecular flexibility index (Phi) is 8.86. The first kappa shape index (κ1) is 27.1. The zero-order valence-electron chi connectivity index (χ0n) is 22.3. The van der Waals surface area contributed by atoms with Crippen molar-refractivity contribution in [3.05, 3.63) is 138 Å². The van der Waals surface area contributed by atoms with Crippen molar-refractivity contribution in [2.75, 3.05) is 0 Å². The van der Waals surface area contributed by atoms with Gasteiger partial charge in [0.05, 0.1) is 5.41 Å². The standard InChI is InChI=1S/C34H33FNO4/c35-31-18-16-30(17-19-31)34(33(37)40-32-14-8-3-9-15-32)22-20-27(21-23-34)24-36(38-25-28-10-4-1-5-11-28)39-26-29-12-6-2-7-13-29/h1-19,24,27H,20-23,25-26H2/q+1. The Hall–Kier alpha value is -4.45. The molecule has 204 valence electrons. The Labute approximate surface area is 234 Å². The number of ether oxygens (including phenoxy) is 1. The Morgan fingerprint density at radius 1 is 0.750 bits per heavy atom. The van der Waals surface area contributed by atoms with Crippen molar-refractivity contribution in [2.24, 2.45) is 5.92 Å². The third kappa shape index (κ3) is 6.94. The first-order valence-corrected chi connectivity index (χ1v) is 13.6. The minimum absolute atomic E-state index is 0.115. The lowest BCUT2D eigenvalue weighted by Gasteiger charge is -2.36. The van der Waals surface area contributed by atoms with Crippen LogP contribution in [0.25, 0.3) is 0 Å². The number of para-hydroxylation sites is 1. The van der Waals surface area contributed by atoms with Gasteiger partial charge in [-0.05, 0) is 66.6 Å². The highest BCUT2D eigenvalue weighted by Crippen LogP contribution is 2.42. The third-order valence-corrected chi connectivity index (χ3v) is 7.36. The summed E-state index contributed by atoms with van der Waals surface area (Å²) in [5, 5.41) is 0. The quantitative estimate of drug-likeness (QED) is 0.0927. The number of halogens is 1. The van der Waals surface area contributed by atoms with Crippen LogP contribution in [0.15, 0.2) is 115 Å². The number of nitrogens with zero attached hydrogens (tertiary/aromatic N) is 1. The van der Waals surface area contributed by atoms with Crippen LogP contribution in [0.2, 0.25) is 0 Å². The predicted octanol–water partition coefficient (Wildman–Crippen LogP) is 7.21. The fourth-order valence-corrected chi connectivity index (χ4v) is 5.08. The highest BCUT2D eigenvalue weighted by atomic mass is 19.1. The van der Waals surface area contributed by atoms with Gasteiger partial charge in [-0.2, -0.15) is 0 Å². The van der Waals surface area contributed by atoms with Gasteiger partial charge in [0, 0.05) is 5.92 Å². The molecule has 1 saturated carbocycles. The molecule has 0 aromatic heterocycles. The fourth-order valence-electron chi connectivity index (χ4n) is 5.08. The van der Waals surface area contributed by atoms with Crippen molar-refractivity contribution >= 4 is 12.2 Å². The van der Waals surface area contributed by atoms with Crippen LogP contribution in [-0.2, 0) is 33.1 Å². The van der Waals surface area contributed by atoms with Crippen LogP contribution < -0.4 is 4.74 Å². The van der Waals surface area contributed by atoms with Crippen molar-refractivity contribution in [3.8, 4) is 5.75 Å². The van der Waals surface area contributed by atoms with Crippen molar-refractivity contribution < 1.29 is 28.5 Å². The lowest BCUT2D eigenvalue weighted by atomic mass is 9.67. The zero-order valence-corrected chi connectivity index (χ0v) is 22.3. The van der Waals surface area contributed by atoms with Crippen molar-refractivity contribution in [1.29, 1.82) is 0 Å². The zero-order chi connectivity index (χ0) is 27.6. The van der Waals surface area contributed by atoms with E-state index < -0.39 is 5.41 Å². The smallest absolute Gasteiger partial charge is 0.321 e. The molecule has 0 aliphatic heterocycles. The van der Waals surface area contributed by atoms with E-state index in [1.54, 1.807) is 24.3 Å². The molecule has 40 heavy (non-hydrogen) atoms. The van der Waals surface area contributed by atoms with Crippen LogP contribution in [0.4, 0.5) is 4.39 Å². The van der Waals surface area contributed by atoms with Crippen molar-refractivity contribution in [1.82, 2.24) is 0 Å². The second-order valence-electron chi connectivity index (χ2n) is 10.1. The van der Waals surface area contributed by atoms with Gasteiger partial charge in [-0.25, -0.2) is 14.1 Å². The molecule has 0 N–H and O–H groups in total. The molecule has 1 aliphatic rings. The minimum atomic E-state index is -0.867. The maximum Gasteiger partial charge on any atom is 0.321 e. The summed E-state index contributed by atoms with van der Waals surface area (Å²) >= 11 is 0. The van der Waals surface area contributed by atoms with Gasteiger partial charge in [0.1, 0.15) is 11.6 Å². The molecule has 0 atom stereocenters. The molecule has 0 bridgehead atoms. The van der Waals surface area contributed by atoms with E-state index in [1.165, 1.54) is 17.0 Å². The lowest BCUT2D eigenvalue weighted by Crippen LogP contribution is -2.43. The molecular formula is C34H33FNO4+. The summed E-state index contributed by atoms with van der Waals surface area (Å²) in [6.07, 6.45) is 4.48. The Bertz CT molecular complexity index is 1340. The van der Waals surface area contributed by atoms with Crippen molar-refractivity contribution in [2.45, 2.75) is 44.3 Å². The minimum Gasteiger partial charge on any atom is -0.426 e. The van der Waals surface area contributed by atoms with E-state index in [2.05, 4.69) is 0 Å². The van der Waals surface area contributed by atoms with Gasteiger partial charge < -0.3 is 4.74 Å². The topological polar surface area (TPSA) is 47.8 Å². The van der Waals surface area contributed by atoms with Crippen molar-refractivity contribution in [3.63, 3.8) is 0 Å². The SMILES string of the molecule is O=C(Oc1ccccc1)C1(c2ccc(F)cc2)CCC(C=[N+](OCc2ccccc2)OCc2ccccc2)CC1. The van der Waals surface area contributed by atoms with Crippen LogP contribution >= 0.6 is 0 Å². The number of carbonyl (C=O) groups excluding carboxylic acids is 1. The summed E-state index contributed by atoms with van der Waals surface area (Å²) < 4.78 is 19.6. The van der Waals surface area contributed by atoms with Gasteiger partial charge in [0.2, 0.25) is 0 Å². The molecule has 0 unspecified atom stereocenters. The number of esters is 1. The van der Waals surface area contributed by atoms with Crippen LogP contribution in [0.5, 0.6) is 5.75 Å². The summed E-state index contributed by atoms with van der Waals surface area (Å²) in [6, 6.07) is 35.1. The predicted molar refractivity (Wildman–Crippen MR) is 151 cm³/mol. The highest BCUT2D eigenvalue weighted by molar-refractivity contribution is 5.85. The summed E-state index contributed by atoms with van der Waals surface area (Å²) in [5.74, 6) is -0.0393. The first-order chi connectivity index (χ1) is 19.6. The molecular weight excluding hydrogens is 505 g/mol. The molecule has 0 amide bonds. The number of hydrogen-bond acceptors (Lipinski definition) is 4. The van der Waals surface area contributed by atoms with Crippen LogP contribution in [-0.4, -0.2) is 17.1 Å². The van der Waals surface area contributed by atoms with E-state index >= 15 is 0 Å². The Balaban J connectivity index is 1.33. The van der Waals surface area contributed by atoms with Gasteiger partial charge in [-0.15, -0.1) is 0 Å². The largest absolute Gasteiger partial charge is 0.426 e. The molecule has 4 aromatic carbocycles. The van der Waals surface area contributed by atoms with Gasteiger partial charge >= 0.3 is 5.97 Å². The first-order valence-electron chi connectivity index (χ1n) is 13.6. The Morgan fingerprint density at radius 3 is 1.77 bits per heavy atom. The summed E-state index contributed by atoms with van der Waals surface area (Å²) in [7, 11) is 0. The normalized spacial score (nSPS) is 18.4. The molecule has 5 nitrogen and oxygen atoms in total. The molecule has 1 fully saturated rings. The molecule has 1 aliphatic carbocycles. The summed E-state index contributed by atoms with van der Waals surface area (Å²) in [4.78, 5) is 27.2. The van der Waals surface area contributed by atoms with E-state index in [0.717, 1.165) is 16.7 Å². The molecule has 5 rings (SSSR count). The lowest BCUT2D eigenvalue weighted by molar-refractivity contribution is -0.972. The summed E-state index contributed by atoms with van der Waals surface area (Å²) in [5.41, 5.74) is 1.97. The monoisotopic (exact) mass is 538 g/mol. The van der Waals surface area contributed by atoms with E-state index in [0.29, 0.717) is 44.6 Å². The number of hydrogen-bond donors (Lipinski definition) is 0. The molecule has 0 heterocycles. The van der Waals surface area contributed by atoms with Crippen LogP contribution in [0.3, 0.4) is 0 Å². The average Bonchev–Trinajstić information content (AvgIpc) is 3.01. The molecule has 0 spiro atoms. The van der Waals surface area contributed by atoms with Crippen LogP contribution in [0, 0.1) is 11.7 Å². The number of rotatable bonds is 10. The molecule has 0 radical (unpaired) electrons. The van der Waals surface area contributed by atoms with E-state index in [4.69, 9.17) is 14.4 Å². The maximum absolute atomic E-state index is 13.8. The van der Waals surface area contributed by atoms with Gasteiger partial charge in [0.25, 0.3) is 6.21 Å².